The predicted octanol–water partition coefficient (Wildman–Crippen LogP) is 1.19. The fraction of sp³-hybridized carbons (Fsp3) is 0.400. The van der Waals surface area contributed by atoms with Gasteiger partial charge in [0.1, 0.15) is 11.6 Å². The van der Waals surface area contributed by atoms with Crippen LogP contribution in [0.1, 0.15) is 23.3 Å². The van der Waals surface area contributed by atoms with Crippen LogP contribution in [0.15, 0.2) is 29.2 Å². The summed E-state index contributed by atoms with van der Waals surface area (Å²) in [5, 5.41) is 0. The van der Waals surface area contributed by atoms with Crippen molar-refractivity contribution in [3.05, 3.63) is 57.8 Å². The molecular formula is C15H17FN4O2. The van der Waals surface area contributed by atoms with Gasteiger partial charge in [0, 0.05) is 19.2 Å². The van der Waals surface area contributed by atoms with Gasteiger partial charge in [-0.3, -0.25) is 14.7 Å². The number of ether oxygens (including phenoxy) is 1. The minimum absolute atomic E-state index is 0.110. The van der Waals surface area contributed by atoms with Crippen LogP contribution in [0.4, 0.5) is 4.39 Å². The lowest BCUT2D eigenvalue weighted by Crippen LogP contribution is -2.40. The third-order valence-corrected chi connectivity index (χ3v) is 3.61. The molecule has 1 aliphatic rings. The molecule has 2 aromatic heterocycles. The molecular weight excluding hydrogens is 287 g/mol. The number of H-pyrrole nitrogens is 1. The summed E-state index contributed by atoms with van der Waals surface area (Å²) in [5.41, 5.74) is 1.28. The summed E-state index contributed by atoms with van der Waals surface area (Å²) >= 11 is 0. The van der Waals surface area contributed by atoms with Gasteiger partial charge in [0.25, 0.3) is 5.56 Å². The van der Waals surface area contributed by atoms with E-state index in [4.69, 9.17) is 4.74 Å². The number of halogens is 1. The van der Waals surface area contributed by atoms with Crippen LogP contribution >= 0.6 is 0 Å². The van der Waals surface area contributed by atoms with Crippen molar-refractivity contribution in [3.8, 4) is 0 Å². The topological polar surface area (TPSA) is 71.1 Å². The lowest BCUT2D eigenvalue weighted by molar-refractivity contribution is -0.0149. The zero-order valence-corrected chi connectivity index (χ0v) is 12.3. The summed E-state index contributed by atoms with van der Waals surface area (Å²) in [4.78, 5) is 24.9. The van der Waals surface area contributed by atoms with E-state index in [-0.39, 0.29) is 17.4 Å². The maximum atomic E-state index is 13.0. The summed E-state index contributed by atoms with van der Waals surface area (Å²) in [6.07, 6.45) is 1.21. The predicted molar refractivity (Wildman–Crippen MR) is 77.8 cm³/mol. The molecule has 1 aliphatic heterocycles. The number of aromatic nitrogens is 3. The van der Waals surface area contributed by atoms with E-state index in [1.807, 2.05) is 0 Å². The molecule has 0 amide bonds. The van der Waals surface area contributed by atoms with Gasteiger partial charge in [0.2, 0.25) is 0 Å². The first-order chi connectivity index (χ1) is 10.6. The quantitative estimate of drug-likeness (QED) is 0.922. The van der Waals surface area contributed by atoms with Crippen molar-refractivity contribution in [2.45, 2.75) is 19.5 Å². The highest BCUT2D eigenvalue weighted by atomic mass is 19.1. The van der Waals surface area contributed by atoms with Gasteiger partial charge < -0.3 is 9.72 Å². The summed E-state index contributed by atoms with van der Waals surface area (Å²) in [6, 6.07) is 4.45. The minimum atomic E-state index is -0.353. The molecule has 0 saturated carbocycles. The monoisotopic (exact) mass is 304 g/mol. The number of morpholine rings is 1. The van der Waals surface area contributed by atoms with E-state index < -0.39 is 0 Å². The smallest absolute Gasteiger partial charge is 0.251 e. The summed E-state index contributed by atoms with van der Waals surface area (Å²) in [6.45, 7) is 4.09. The van der Waals surface area contributed by atoms with E-state index in [0.29, 0.717) is 37.8 Å². The Labute approximate surface area is 127 Å². The molecule has 0 unspecified atom stereocenters. The molecule has 1 fully saturated rings. The Bertz CT molecular complexity index is 701. The molecule has 1 N–H and O–H groups in total. The van der Waals surface area contributed by atoms with Crippen LogP contribution in [0.5, 0.6) is 0 Å². The summed E-state index contributed by atoms with van der Waals surface area (Å²) < 4.78 is 18.5. The van der Waals surface area contributed by atoms with Crippen LogP contribution < -0.4 is 5.56 Å². The third-order valence-electron chi connectivity index (χ3n) is 3.61. The number of nitrogens with one attached hydrogen (secondary N) is 1. The van der Waals surface area contributed by atoms with Gasteiger partial charge in [0.15, 0.2) is 0 Å². The number of aromatic amines is 1. The molecule has 3 heterocycles. The zero-order valence-electron chi connectivity index (χ0n) is 12.3. The average molecular weight is 304 g/mol. The lowest BCUT2D eigenvalue weighted by Gasteiger charge is -2.34. The van der Waals surface area contributed by atoms with Gasteiger partial charge in [-0.1, -0.05) is 0 Å². The maximum Gasteiger partial charge on any atom is 0.251 e. The number of nitrogens with zero attached hydrogens (tertiary/aromatic N) is 3. The van der Waals surface area contributed by atoms with Crippen molar-refractivity contribution < 1.29 is 9.13 Å². The van der Waals surface area contributed by atoms with Gasteiger partial charge in [-0.25, -0.2) is 9.37 Å². The molecule has 6 nitrogen and oxygen atoms in total. The van der Waals surface area contributed by atoms with Crippen molar-refractivity contribution >= 4 is 0 Å². The Balaban J connectivity index is 1.84. The molecule has 0 radical (unpaired) electrons. The lowest BCUT2D eigenvalue weighted by atomic mass is 10.1. The SMILES string of the molecule is Cc1nc([C@@H]2COCCN2Cc2ccc(F)cn2)cc(=O)[nH]1. The summed E-state index contributed by atoms with van der Waals surface area (Å²) in [5.74, 6) is 0.224. The van der Waals surface area contributed by atoms with E-state index in [1.54, 1.807) is 13.0 Å². The van der Waals surface area contributed by atoms with Crippen molar-refractivity contribution in [1.82, 2.24) is 19.9 Å². The average Bonchev–Trinajstić information content (AvgIpc) is 2.49. The Morgan fingerprint density at radius 2 is 2.36 bits per heavy atom. The second-order valence-corrected chi connectivity index (χ2v) is 5.28. The largest absolute Gasteiger partial charge is 0.378 e. The van der Waals surface area contributed by atoms with E-state index in [9.17, 15) is 9.18 Å². The molecule has 3 rings (SSSR count). The summed E-state index contributed by atoms with van der Waals surface area (Å²) in [7, 11) is 0. The van der Waals surface area contributed by atoms with Crippen molar-refractivity contribution in [2.75, 3.05) is 19.8 Å². The first-order valence-corrected chi connectivity index (χ1v) is 7.12. The van der Waals surface area contributed by atoms with E-state index in [2.05, 4.69) is 19.9 Å². The fourth-order valence-electron chi connectivity index (χ4n) is 2.58. The highest BCUT2D eigenvalue weighted by Gasteiger charge is 2.26. The first kappa shape index (κ1) is 14.8. The van der Waals surface area contributed by atoms with E-state index >= 15 is 0 Å². The van der Waals surface area contributed by atoms with Crippen LogP contribution in [-0.2, 0) is 11.3 Å². The molecule has 7 heteroatoms. The molecule has 22 heavy (non-hydrogen) atoms. The molecule has 0 aliphatic carbocycles. The second-order valence-electron chi connectivity index (χ2n) is 5.28. The molecule has 0 bridgehead atoms. The molecule has 2 aromatic rings. The second kappa shape index (κ2) is 6.33. The van der Waals surface area contributed by atoms with Crippen molar-refractivity contribution in [2.24, 2.45) is 0 Å². The molecule has 0 spiro atoms. The fourth-order valence-corrected chi connectivity index (χ4v) is 2.58. The maximum absolute atomic E-state index is 13.0. The van der Waals surface area contributed by atoms with Gasteiger partial charge in [-0.05, 0) is 19.1 Å². The van der Waals surface area contributed by atoms with Crippen LogP contribution in [0.3, 0.4) is 0 Å². The number of aryl methyl sites for hydroxylation is 1. The molecule has 1 saturated heterocycles. The van der Waals surface area contributed by atoms with Gasteiger partial charge in [-0.15, -0.1) is 0 Å². The molecule has 0 aromatic carbocycles. The zero-order chi connectivity index (χ0) is 15.5. The van der Waals surface area contributed by atoms with Crippen LogP contribution in [0, 0.1) is 12.7 Å². The van der Waals surface area contributed by atoms with Crippen molar-refractivity contribution in [1.29, 1.82) is 0 Å². The Hall–Kier alpha value is -2.12. The Kier molecular flexibility index (Phi) is 4.26. The molecule has 1 atom stereocenters. The molecule has 116 valence electrons. The van der Waals surface area contributed by atoms with Gasteiger partial charge >= 0.3 is 0 Å². The first-order valence-electron chi connectivity index (χ1n) is 7.12. The Morgan fingerprint density at radius 3 is 3.09 bits per heavy atom. The van der Waals surface area contributed by atoms with Crippen LogP contribution in [0.2, 0.25) is 0 Å². The normalized spacial score (nSPS) is 19.3. The number of hydrogen-bond acceptors (Lipinski definition) is 5. The van der Waals surface area contributed by atoms with Gasteiger partial charge in [0.05, 0.1) is 36.8 Å². The highest BCUT2D eigenvalue weighted by molar-refractivity contribution is 5.11. The minimum Gasteiger partial charge on any atom is -0.378 e. The number of rotatable bonds is 3. The Morgan fingerprint density at radius 1 is 1.50 bits per heavy atom. The number of hydrogen-bond donors (Lipinski definition) is 1. The number of pyridine rings is 1. The van der Waals surface area contributed by atoms with E-state index in [0.717, 1.165) is 5.69 Å². The third kappa shape index (κ3) is 3.37. The van der Waals surface area contributed by atoms with Gasteiger partial charge in [-0.2, -0.15) is 0 Å². The van der Waals surface area contributed by atoms with Crippen LogP contribution in [0.25, 0.3) is 0 Å². The van der Waals surface area contributed by atoms with Crippen LogP contribution in [-0.4, -0.2) is 39.6 Å². The van der Waals surface area contributed by atoms with E-state index in [1.165, 1.54) is 18.3 Å². The highest BCUT2D eigenvalue weighted by Crippen LogP contribution is 2.23. The van der Waals surface area contributed by atoms with Crippen molar-refractivity contribution in [3.63, 3.8) is 0 Å². The standard InChI is InChI=1S/C15H17FN4O2/c1-10-18-13(6-15(21)19-10)14-9-22-5-4-20(14)8-12-3-2-11(16)7-17-12/h2-3,6-7,14H,4-5,8-9H2,1H3,(H,18,19,21)/t14-/m0/s1.